The SMILES string of the molecule is CN1CCN(C(=O)[C@@H]2CC[C@@H]3[C@@H](CCN3c3ncccn3)O2)CC1.O=C(O)C(F)(F)F.O=C(O)C(F)(F)F. The molecule has 0 spiro atoms. The second kappa shape index (κ2) is 13.0. The fourth-order valence-electron chi connectivity index (χ4n) is 4.03. The van der Waals surface area contributed by atoms with Crippen LogP contribution in [0.4, 0.5) is 32.3 Å². The average molecular weight is 559 g/mol. The zero-order valence-electron chi connectivity index (χ0n) is 20.2. The fraction of sp³-hybridized carbons (Fsp3) is 0.667. The van der Waals surface area contributed by atoms with Crippen molar-refractivity contribution in [1.82, 2.24) is 19.8 Å². The number of nitrogens with zero attached hydrogens (tertiary/aromatic N) is 5. The van der Waals surface area contributed by atoms with Crippen LogP contribution in [0.2, 0.25) is 0 Å². The number of halogens is 6. The van der Waals surface area contributed by atoms with Gasteiger partial charge in [0.05, 0.1) is 12.1 Å². The van der Waals surface area contributed by atoms with Gasteiger partial charge < -0.3 is 29.6 Å². The molecule has 1 aromatic rings. The first-order valence-corrected chi connectivity index (χ1v) is 11.4. The van der Waals surface area contributed by atoms with Crippen LogP contribution in [-0.2, 0) is 19.1 Å². The topological polar surface area (TPSA) is 136 Å². The van der Waals surface area contributed by atoms with Gasteiger partial charge in [-0.1, -0.05) is 0 Å². The third-order valence-electron chi connectivity index (χ3n) is 5.93. The number of rotatable bonds is 2. The van der Waals surface area contributed by atoms with Crippen LogP contribution < -0.4 is 4.90 Å². The van der Waals surface area contributed by atoms with Gasteiger partial charge >= 0.3 is 24.3 Å². The highest BCUT2D eigenvalue weighted by Gasteiger charge is 2.43. The van der Waals surface area contributed by atoms with E-state index in [0.717, 1.165) is 57.9 Å². The zero-order chi connectivity index (χ0) is 28.7. The van der Waals surface area contributed by atoms with Crippen molar-refractivity contribution in [3.8, 4) is 0 Å². The predicted molar refractivity (Wildman–Crippen MR) is 117 cm³/mol. The van der Waals surface area contributed by atoms with Crippen molar-refractivity contribution in [3.63, 3.8) is 0 Å². The number of carbonyl (C=O) groups is 3. The Kier molecular flexibility index (Phi) is 10.6. The highest BCUT2D eigenvalue weighted by atomic mass is 19.4. The number of carboxylic acids is 2. The number of aliphatic carboxylic acids is 2. The minimum Gasteiger partial charge on any atom is -0.475 e. The van der Waals surface area contributed by atoms with Crippen molar-refractivity contribution in [2.75, 3.05) is 44.7 Å². The normalized spacial score (nSPS) is 23.8. The third kappa shape index (κ3) is 8.97. The van der Waals surface area contributed by atoms with Crippen LogP contribution in [0.1, 0.15) is 19.3 Å². The summed E-state index contributed by atoms with van der Waals surface area (Å²) >= 11 is 0. The van der Waals surface area contributed by atoms with Crippen LogP contribution in [0.5, 0.6) is 0 Å². The number of carboxylic acid groups (broad SMARTS) is 2. The fourth-order valence-corrected chi connectivity index (χ4v) is 4.03. The maximum atomic E-state index is 12.7. The minimum atomic E-state index is -5.08. The van der Waals surface area contributed by atoms with Gasteiger partial charge in [0.15, 0.2) is 0 Å². The number of ether oxygens (including phenoxy) is 1. The van der Waals surface area contributed by atoms with Gasteiger partial charge in [-0.2, -0.15) is 26.3 Å². The molecule has 0 radical (unpaired) electrons. The molecule has 1 amide bonds. The molecule has 3 fully saturated rings. The molecule has 0 unspecified atom stereocenters. The van der Waals surface area contributed by atoms with Crippen LogP contribution in [-0.4, -0.2) is 118 Å². The quantitative estimate of drug-likeness (QED) is 0.515. The third-order valence-corrected chi connectivity index (χ3v) is 5.93. The Morgan fingerprint density at radius 3 is 1.84 bits per heavy atom. The summed E-state index contributed by atoms with van der Waals surface area (Å²) in [6, 6.07) is 2.13. The standard InChI is InChI=1S/C17H25N5O2.2C2HF3O2/c1-20-9-11-21(12-10-20)16(23)15-4-3-13-14(24-15)5-8-22(13)17-18-6-2-7-19-17;2*3-2(4,5)1(6)7/h2,6-7,13-15H,3-5,8-12H2,1H3;2*(H,6,7)/t13-,14-,15+;;/m1../s1. The molecule has 2 N–H and O–H groups in total. The lowest BCUT2D eigenvalue weighted by Gasteiger charge is -2.39. The summed E-state index contributed by atoms with van der Waals surface area (Å²) in [6.45, 7) is 4.42. The minimum absolute atomic E-state index is 0.115. The number of aromatic nitrogens is 2. The number of carbonyl (C=O) groups excluding carboxylic acids is 1. The summed E-state index contributed by atoms with van der Waals surface area (Å²) in [5, 5.41) is 14.2. The van der Waals surface area contributed by atoms with E-state index in [1.807, 2.05) is 11.0 Å². The van der Waals surface area contributed by atoms with E-state index in [9.17, 15) is 31.1 Å². The van der Waals surface area contributed by atoms with Crippen LogP contribution in [0, 0.1) is 0 Å². The van der Waals surface area contributed by atoms with Gasteiger partial charge in [0, 0.05) is 45.1 Å². The monoisotopic (exact) mass is 559 g/mol. The van der Waals surface area contributed by atoms with E-state index in [1.54, 1.807) is 12.4 Å². The number of piperazine rings is 1. The number of anilines is 1. The summed E-state index contributed by atoms with van der Waals surface area (Å²) in [6.07, 6.45) is -4.08. The Morgan fingerprint density at radius 1 is 0.868 bits per heavy atom. The molecule has 0 saturated carbocycles. The van der Waals surface area contributed by atoms with Crippen molar-refractivity contribution >= 4 is 23.8 Å². The Labute approximate surface area is 213 Å². The van der Waals surface area contributed by atoms with E-state index in [4.69, 9.17) is 24.5 Å². The summed E-state index contributed by atoms with van der Waals surface area (Å²) < 4.78 is 69.7. The second-order valence-corrected chi connectivity index (χ2v) is 8.57. The molecule has 3 atom stereocenters. The summed E-state index contributed by atoms with van der Waals surface area (Å²) in [5.41, 5.74) is 0. The van der Waals surface area contributed by atoms with E-state index in [-0.39, 0.29) is 18.1 Å². The molecule has 0 bridgehead atoms. The van der Waals surface area contributed by atoms with Crippen LogP contribution in [0.25, 0.3) is 0 Å². The summed E-state index contributed by atoms with van der Waals surface area (Å²) in [4.78, 5) is 45.7. The maximum absolute atomic E-state index is 12.7. The van der Waals surface area contributed by atoms with E-state index < -0.39 is 24.3 Å². The van der Waals surface area contributed by atoms with Gasteiger partial charge in [0.1, 0.15) is 6.10 Å². The molecule has 1 aromatic heterocycles. The highest BCUT2D eigenvalue weighted by Crippen LogP contribution is 2.33. The molecular weight excluding hydrogens is 532 g/mol. The molecular formula is C21H27F6N5O6. The number of amides is 1. The van der Waals surface area contributed by atoms with Gasteiger partial charge in [-0.05, 0) is 32.4 Å². The van der Waals surface area contributed by atoms with Crippen LogP contribution >= 0.6 is 0 Å². The van der Waals surface area contributed by atoms with Gasteiger partial charge in [-0.3, -0.25) is 4.79 Å². The van der Waals surface area contributed by atoms with Crippen molar-refractivity contribution < 1.29 is 55.7 Å². The van der Waals surface area contributed by atoms with Crippen molar-refractivity contribution in [2.45, 2.75) is 49.9 Å². The van der Waals surface area contributed by atoms with Crippen LogP contribution in [0.3, 0.4) is 0 Å². The molecule has 4 heterocycles. The first-order valence-electron chi connectivity index (χ1n) is 11.4. The number of hydrogen-bond donors (Lipinski definition) is 2. The van der Waals surface area contributed by atoms with Crippen molar-refractivity contribution in [2.24, 2.45) is 0 Å². The highest BCUT2D eigenvalue weighted by molar-refractivity contribution is 5.81. The summed E-state index contributed by atoms with van der Waals surface area (Å²) in [7, 11) is 2.10. The van der Waals surface area contributed by atoms with Crippen molar-refractivity contribution in [1.29, 1.82) is 0 Å². The molecule has 17 heteroatoms. The lowest BCUT2D eigenvalue weighted by Crippen LogP contribution is -2.53. The maximum Gasteiger partial charge on any atom is 0.490 e. The number of alkyl halides is 6. The van der Waals surface area contributed by atoms with Crippen LogP contribution in [0.15, 0.2) is 18.5 Å². The van der Waals surface area contributed by atoms with Gasteiger partial charge in [-0.25, -0.2) is 19.6 Å². The van der Waals surface area contributed by atoms with Gasteiger partial charge in [0.2, 0.25) is 5.95 Å². The molecule has 3 aliphatic heterocycles. The molecule has 0 aliphatic carbocycles. The van der Waals surface area contributed by atoms with Gasteiger partial charge in [-0.15, -0.1) is 0 Å². The largest absolute Gasteiger partial charge is 0.490 e. The van der Waals surface area contributed by atoms with E-state index in [1.165, 1.54) is 0 Å². The Bertz CT molecular complexity index is 919. The van der Waals surface area contributed by atoms with E-state index >= 15 is 0 Å². The number of fused-ring (bicyclic) bond motifs is 1. The summed E-state index contributed by atoms with van der Waals surface area (Å²) in [5.74, 6) is -4.56. The number of hydrogen-bond acceptors (Lipinski definition) is 8. The second-order valence-electron chi connectivity index (χ2n) is 8.57. The first-order chi connectivity index (χ1) is 17.6. The van der Waals surface area contributed by atoms with Gasteiger partial charge in [0.25, 0.3) is 5.91 Å². The average Bonchev–Trinajstić information content (AvgIpc) is 3.27. The first kappa shape index (κ1) is 31.0. The van der Waals surface area contributed by atoms with Crippen molar-refractivity contribution in [3.05, 3.63) is 18.5 Å². The van der Waals surface area contributed by atoms with E-state index in [2.05, 4.69) is 26.8 Å². The lowest BCUT2D eigenvalue weighted by atomic mass is 9.98. The lowest BCUT2D eigenvalue weighted by molar-refractivity contribution is -0.193. The molecule has 214 valence electrons. The zero-order valence-corrected chi connectivity index (χ0v) is 20.2. The smallest absolute Gasteiger partial charge is 0.475 e. The Morgan fingerprint density at radius 2 is 1.37 bits per heavy atom. The molecule has 11 nitrogen and oxygen atoms in total. The molecule has 3 aliphatic rings. The molecule has 3 saturated heterocycles. The molecule has 0 aromatic carbocycles. The van der Waals surface area contributed by atoms with E-state index in [0.29, 0.717) is 6.04 Å². The number of likely N-dealkylation sites (N-methyl/N-ethyl adjacent to an activating group) is 1. The Hall–Kier alpha value is -3.21. The molecule has 4 rings (SSSR count). The molecule has 38 heavy (non-hydrogen) atoms. The Balaban J connectivity index is 0.000000301. The predicted octanol–water partition coefficient (Wildman–Crippen LogP) is 1.64.